The number of ether oxygens (including phenoxy) is 1. The topological polar surface area (TPSA) is 113 Å². The Labute approximate surface area is 207 Å². The Balaban J connectivity index is 1.22. The second-order valence-electron chi connectivity index (χ2n) is 8.09. The van der Waals surface area contributed by atoms with Crippen molar-refractivity contribution in [3.8, 4) is 11.4 Å². The van der Waals surface area contributed by atoms with Gasteiger partial charge < -0.3 is 15.0 Å². The first-order valence-electron chi connectivity index (χ1n) is 11.4. The summed E-state index contributed by atoms with van der Waals surface area (Å²) in [6, 6.07) is 11.6. The number of aryl methyl sites for hydroxylation is 1. The van der Waals surface area contributed by atoms with Gasteiger partial charge in [-0.05, 0) is 48.9 Å². The van der Waals surface area contributed by atoms with Crippen LogP contribution in [0.25, 0.3) is 11.4 Å². The smallest absolute Gasteiger partial charge is 0.245 e. The Hall–Kier alpha value is -4.51. The van der Waals surface area contributed by atoms with Gasteiger partial charge in [0.2, 0.25) is 5.95 Å². The van der Waals surface area contributed by atoms with Crippen LogP contribution in [0.2, 0.25) is 0 Å². The predicted octanol–water partition coefficient (Wildman–Crippen LogP) is 3.80. The lowest BCUT2D eigenvalue weighted by Gasteiger charge is -2.27. The maximum absolute atomic E-state index is 14.2. The van der Waals surface area contributed by atoms with Gasteiger partial charge >= 0.3 is 0 Å². The van der Waals surface area contributed by atoms with Crippen molar-refractivity contribution in [2.45, 2.75) is 6.92 Å². The number of aromatic nitrogens is 5. The molecule has 2 N–H and O–H groups in total. The number of pyridine rings is 1. The van der Waals surface area contributed by atoms with E-state index in [1.54, 1.807) is 30.9 Å². The van der Waals surface area contributed by atoms with E-state index in [2.05, 4.69) is 40.8 Å². The second kappa shape index (κ2) is 10.8. The molecule has 4 heterocycles. The van der Waals surface area contributed by atoms with Gasteiger partial charge in [-0.2, -0.15) is 10.1 Å². The average molecular weight is 486 g/mol. The van der Waals surface area contributed by atoms with Gasteiger partial charge in [-0.1, -0.05) is 0 Å². The first-order valence-corrected chi connectivity index (χ1v) is 11.4. The third-order valence-corrected chi connectivity index (χ3v) is 5.37. The zero-order valence-corrected chi connectivity index (χ0v) is 19.6. The van der Waals surface area contributed by atoms with Crippen LogP contribution in [0.15, 0.2) is 66.3 Å². The van der Waals surface area contributed by atoms with Gasteiger partial charge in [0.15, 0.2) is 17.5 Å². The number of morpholine rings is 1. The molecule has 0 unspecified atom stereocenters. The largest absolute Gasteiger partial charge is 0.378 e. The second-order valence-corrected chi connectivity index (χ2v) is 8.09. The van der Waals surface area contributed by atoms with Crippen LogP contribution in [0.4, 0.5) is 27.5 Å². The van der Waals surface area contributed by atoms with Gasteiger partial charge in [0.1, 0.15) is 0 Å². The molecule has 1 saturated heterocycles. The minimum atomic E-state index is -0.479. The van der Waals surface area contributed by atoms with E-state index in [0.717, 1.165) is 28.7 Å². The highest BCUT2D eigenvalue weighted by atomic mass is 19.1. The molecule has 0 aliphatic carbocycles. The number of benzene rings is 1. The fraction of sp³-hybridized carbons (Fsp3) is 0.200. The first kappa shape index (κ1) is 23.2. The Morgan fingerprint density at radius 2 is 1.83 bits per heavy atom. The first-order chi connectivity index (χ1) is 17.6. The molecule has 3 aromatic heterocycles. The summed E-state index contributed by atoms with van der Waals surface area (Å²) < 4.78 is 19.5. The molecule has 1 aromatic carbocycles. The van der Waals surface area contributed by atoms with Gasteiger partial charge in [-0.3, -0.25) is 4.98 Å². The quantitative estimate of drug-likeness (QED) is 0.298. The van der Waals surface area contributed by atoms with E-state index >= 15 is 0 Å². The lowest BCUT2D eigenvalue weighted by atomic mass is 10.1. The molecule has 0 bridgehead atoms. The van der Waals surface area contributed by atoms with Crippen molar-refractivity contribution in [3.05, 3.63) is 78.3 Å². The van der Waals surface area contributed by atoms with Crippen LogP contribution in [0.3, 0.4) is 0 Å². The number of halogens is 1. The monoisotopic (exact) mass is 485 g/mol. The van der Waals surface area contributed by atoms with E-state index in [9.17, 15) is 4.39 Å². The fourth-order valence-electron chi connectivity index (χ4n) is 3.72. The summed E-state index contributed by atoms with van der Waals surface area (Å²) >= 11 is 0. The number of hydrogen-bond acceptors (Lipinski definition) is 10. The van der Waals surface area contributed by atoms with Crippen molar-refractivity contribution in [3.63, 3.8) is 0 Å². The van der Waals surface area contributed by atoms with Gasteiger partial charge in [-0.25, -0.2) is 24.8 Å². The SMILES string of the molecule is Cc1cc(Nc2ccc(/C=N/Nc3ncc(F)c(N4CCOCC4)n3)nc2)cc(-c2ncccn2)c1. The Bertz CT molecular complexity index is 1340. The van der Waals surface area contributed by atoms with Crippen molar-refractivity contribution in [1.82, 2.24) is 24.9 Å². The number of anilines is 4. The summed E-state index contributed by atoms with van der Waals surface area (Å²) in [5.41, 5.74) is 7.12. The van der Waals surface area contributed by atoms with Gasteiger partial charge in [0.05, 0.1) is 43.2 Å². The predicted molar refractivity (Wildman–Crippen MR) is 136 cm³/mol. The van der Waals surface area contributed by atoms with Gasteiger partial charge in [0, 0.05) is 36.7 Å². The summed E-state index contributed by atoms with van der Waals surface area (Å²) in [6.07, 6.45) is 7.84. The molecule has 0 amide bonds. The lowest BCUT2D eigenvalue weighted by molar-refractivity contribution is 0.122. The van der Waals surface area contributed by atoms with Crippen LogP contribution in [-0.4, -0.2) is 57.4 Å². The van der Waals surface area contributed by atoms with Gasteiger partial charge in [-0.15, -0.1) is 0 Å². The molecule has 0 spiro atoms. The highest BCUT2D eigenvalue weighted by Crippen LogP contribution is 2.24. The van der Waals surface area contributed by atoms with Crippen LogP contribution in [0, 0.1) is 12.7 Å². The van der Waals surface area contributed by atoms with E-state index in [0.29, 0.717) is 37.8 Å². The molecular formula is C25H24FN9O. The molecule has 36 heavy (non-hydrogen) atoms. The van der Waals surface area contributed by atoms with Crippen LogP contribution in [0.1, 0.15) is 11.3 Å². The molecule has 1 fully saturated rings. The van der Waals surface area contributed by atoms with Crippen LogP contribution in [-0.2, 0) is 4.74 Å². The zero-order valence-electron chi connectivity index (χ0n) is 19.6. The summed E-state index contributed by atoms with van der Waals surface area (Å²) in [5, 5.41) is 7.50. The Morgan fingerprint density at radius 1 is 1.00 bits per heavy atom. The number of rotatable bonds is 7. The van der Waals surface area contributed by atoms with E-state index in [1.165, 1.54) is 0 Å². The molecule has 1 aliphatic heterocycles. The third-order valence-electron chi connectivity index (χ3n) is 5.37. The number of hydrazone groups is 1. The van der Waals surface area contributed by atoms with Crippen molar-refractivity contribution in [2.75, 3.05) is 41.9 Å². The minimum Gasteiger partial charge on any atom is -0.378 e. The molecule has 182 valence electrons. The maximum atomic E-state index is 14.2. The summed E-state index contributed by atoms with van der Waals surface area (Å²) in [5.74, 6) is 0.625. The van der Waals surface area contributed by atoms with Crippen LogP contribution in [0.5, 0.6) is 0 Å². The normalized spacial score (nSPS) is 13.7. The zero-order chi connectivity index (χ0) is 24.7. The summed E-state index contributed by atoms with van der Waals surface area (Å²) in [6.45, 7) is 4.24. The molecule has 1 aliphatic rings. The Morgan fingerprint density at radius 3 is 2.61 bits per heavy atom. The number of nitrogens with zero attached hydrogens (tertiary/aromatic N) is 7. The summed E-state index contributed by atoms with van der Waals surface area (Å²) in [7, 11) is 0. The lowest BCUT2D eigenvalue weighted by Crippen LogP contribution is -2.37. The summed E-state index contributed by atoms with van der Waals surface area (Å²) in [4.78, 5) is 23.1. The van der Waals surface area contributed by atoms with Crippen LogP contribution >= 0.6 is 0 Å². The van der Waals surface area contributed by atoms with Crippen LogP contribution < -0.4 is 15.6 Å². The van der Waals surface area contributed by atoms with Crippen molar-refractivity contribution in [1.29, 1.82) is 0 Å². The number of hydrogen-bond donors (Lipinski definition) is 2. The average Bonchev–Trinajstić information content (AvgIpc) is 2.91. The third kappa shape index (κ3) is 5.76. The Kier molecular flexibility index (Phi) is 6.99. The maximum Gasteiger partial charge on any atom is 0.245 e. The molecule has 11 heteroatoms. The highest BCUT2D eigenvalue weighted by Gasteiger charge is 2.17. The molecule has 5 rings (SSSR count). The van der Waals surface area contributed by atoms with Crippen molar-refractivity contribution in [2.24, 2.45) is 5.10 Å². The van der Waals surface area contributed by atoms with E-state index in [1.807, 2.05) is 42.2 Å². The molecule has 0 radical (unpaired) electrons. The minimum absolute atomic E-state index is 0.199. The van der Waals surface area contributed by atoms with Crippen molar-refractivity contribution < 1.29 is 9.13 Å². The molecule has 0 saturated carbocycles. The number of nitrogens with one attached hydrogen (secondary N) is 2. The van der Waals surface area contributed by atoms with E-state index in [4.69, 9.17) is 4.74 Å². The van der Waals surface area contributed by atoms with Crippen molar-refractivity contribution >= 4 is 29.4 Å². The molecule has 10 nitrogen and oxygen atoms in total. The standard InChI is InChI=1S/C25H24FN9O/c1-17-11-18(23-27-5-2-6-28-23)13-21(12-17)32-20-4-3-19(29-14-20)15-31-34-25-30-16-22(26)24(33-25)35-7-9-36-10-8-35/h2-6,11-16,32H,7-10H2,1H3,(H,30,33,34)/b31-15+. The van der Waals surface area contributed by atoms with E-state index < -0.39 is 5.82 Å². The molecular weight excluding hydrogens is 461 g/mol. The molecule has 4 aromatic rings. The van der Waals surface area contributed by atoms with E-state index in [-0.39, 0.29) is 11.8 Å². The molecule has 0 atom stereocenters. The fourth-order valence-corrected chi connectivity index (χ4v) is 3.72. The highest BCUT2D eigenvalue weighted by molar-refractivity contribution is 5.78. The van der Waals surface area contributed by atoms with Gasteiger partial charge in [0.25, 0.3) is 0 Å².